The Morgan fingerprint density at radius 1 is 1.40 bits per heavy atom. The van der Waals surface area contributed by atoms with Crippen LogP contribution in [0, 0.1) is 0 Å². The van der Waals surface area contributed by atoms with Gasteiger partial charge in [-0.25, -0.2) is 0 Å². The summed E-state index contributed by atoms with van der Waals surface area (Å²) in [5, 5.41) is 6.55. The summed E-state index contributed by atoms with van der Waals surface area (Å²) in [5.41, 5.74) is 1.15. The molecular weight excluding hydrogens is 256 g/mol. The number of amides is 1. The quantitative estimate of drug-likeness (QED) is 0.876. The molecule has 2 N–H and O–H groups in total. The van der Waals surface area contributed by atoms with E-state index in [9.17, 15) is 4.79 Å². The molecule has 0 bridgehead atoms. The average Bonchev–Trinajstić information content (AvgIpc) is 2.49. The molecule has 0 spiro atoms. The highest BCUT2D eigenvalue weighted by Gasteiger charge is 2.26. The maximum atomic E-state index is 11.2. The Balaban J connectivity index is 1.73. The molecule has 5 nitrogen and oxygen atoms in total. The summed E-state index contributed by atoms with van der Waals surface area (Å²) >= 11 is 0. The van der Waals surface area contributed by atoms with Crippen LogP contribution in [-0.4, -0.2) is 32.2 Å². The number of rotatable bonds is 3. The molecule has 5 heteroatoms. The van der Waals surface area contributed by atoms with E-state index in [1.54, 1.807) is 7.11 Å². The van der Waals surface area contributed by atoms with Gasteiger partial charge in [0.1, 0.15) is 11.5 Å². The topological polar surface area (TPSA) is 59.6 Å². The summed E-state index contributed by atoms with van der Waals surface area (Å²) in [6, 6.07) is 6.50. The zero-order valence-corrected chi connectivity index (χ0v) is 11.6. The second kappa shape index (κ2) is 5.71. The van der Waals surface area contributed by atoms with Crippen LogP contribution in [0.1, 0.15) is 30.9 Å². The molecular formula is C15H20N2O3. The minimum Gasteiger partial charge on any atom is -0.497 e. The van der Waals surface area contributed by atoms with Crippen LogP contribution in [-0.2, 0) is 4.79 Å². The minimum atomic E-state index is 0.150. The molecule has 2 unspecified atom stereocenters. The highest BCUT2D eigenvalue weighted by molar-refractivity contribution is 5.76. The molecule has 108 valence electrons. The van der Waals surface area contributed by atoms with Gasteiger partial charge in [-0.15, -0.1) is 0 Å². The fourth-order valence-corrected chi connectivity index (χ4v) is 2.83. The van der Waals surface area contributed by atoms with Crippen molar-refractivity contribution in [2.45, 2.75) is 31.3 Å². The molecule has 1 amide bonds. The second-order valence-electron chi connectivity index (χ2n) is 5.30. The zero-order chi connectivity index (χ0) is 13.9. The van der Waals surface area contributed by atoms with Gasteiger partial charge in [-0.3, -0.25) is 4.79 Å². The number of ether oxygens (including phenoxy) is 2. The number of hydrogen-bond donors (Lipinski definition) is 2. The Kier molecular flexibility index (Phi) is 3.78. The van der Waals surface area contributed by atoms with Gasteiger partial charge in [-0.05, 0) is 24.6 Å². The Hall–Kier alpha value is -1.75. The number of piperidine rings is 1. The van der Waals surface area contributed by atoms with Gasteiger partial charge in [0, 0.05) is 37.0 Å². The summed E-state index contributed by atoms with van der Waals surface area (Å²) in [7, 11) is 1.67. The molecule has 1 aromatic rings. The fourth-order valence-electron chi connectivity index (χ4n) is 2.83. The number of benzene rings is 1. The third-order valence-electron chi connectivity index (χ3n) is 3.96. The van der Waals surface area contributed by atoms with Crippen LogP contribution in [0.2, 0.25) is 0 Å². The number of hydrogen-bond acceptors (Lipinski definition) is 4. The highest BCUT2D eigenvalue weighted by atomic mass is 16.5. The number of nitrogens with one attached hydrogen (secondary N) is 2. The predicted octanol–water partition coefficient (Wildman–Crippen LogP) is 1.39. The highest BCUT2D eigenvalue weighted by Crippen LogP contribution is 2.35. The minimum absolute atomic E-state index is 0.150. The molecule has 0 aromatic heterocycles. The van der Waals surface area contributed by atoms with Gasteiger partial charge < -0.3 is 20.1 Å². The summed E-state index contributed by atoms with van der Waals surface area (Å²) in [6.45, 7) is 1.42. The van der Waals surface area contributed by atoms with E-state index in [1.165, 1.54) is 0 Å². The molecule has 1 saturated heterocycles. The van der Waals surface area contributed by atoms with Crippen molar-refractivity contribution in [3.05, 3.63) is 23.8 Å². The Morgan fingerprint density at radius 3 is 3.05 bits per heavy atom. The fraction of sp³-hybridized carbons (Fsp3) is 0.533. The van der Waals surface area contributed by atoms with E-state index in [-0.39, 0.29) is 11.9 Å². The van der Waals surface area contributed by atoms with E-state index in [4.69, 9.17) is 9.47 Å². The van der Waals surface area contributed by atoms with Gasteiger partial charge in [0.25, 0.3) is 0 Å². The number of carbonyl (C=O) groups excluding carboxylic acids is 1. The van der Waals surface area contributed by atoms with Gasteiger partial charge in [-0.1, -0.05) is 0 Å². The molecule has 3 rings (SSSR count). The summed E-state index contributed by atoms with van der Waals surface area (Å²) in [4.78, 5) is 11.2. The summed E-state index contributed by atoms with van der Waals surface area (Å²) in [5.74, 6) is 1.92. The Labute approximate surface area is 118 Å². The Morgan fingerprint density at radius 2 is 2.30 bits per heavy atom. The largest absolute Gasteiger partial charge is 0.497 e. The van der Waals surface area contributed by atoms with Crippen LogP contribution in [0.5, 0.6) is 11.5 Å². The zero-order valence-electron chi connectivity index (χ0n) is 11.6. The number of methoxy groups -OCH3 is 1. The lowest BCUT2D eigenvalue weighted by Crippen LogP contribution is -2.47. The maximum Gasteiger partial charge on any atom is 0.220 e. The first-order valence-electron chi connectivity index (χ1n) is 7.10. The monoisotopic (exact) mass is 276 g/mol. The van der Waals surface area contributed by atoms with Gasteiger partial charge in [0.2, 0.25) is 5.91 Å². The lowest BCUT2D eigenvalue weighted by atomic mass is 9.97. The maximum absolute atomic E-state index is 11.2. The standard InChI is InChI=1S/C15H20N2O3/c1-19-11-3-4-14-12(8-11)13(6-7-20-14)17-10-2-5-15(18)16-9-10/h3-4,8,10,13,17H,2,5-7,9H2,1H3,(H,16,18). The van der Waals surface area contributed by atoms with Crippen molar-refractivity contribution >= 4 is 5.91 Å². The van der Waals surface area contributed by atoms with Gasteiger partial charge >= 0.3 is 0 Å². The molecule has 0 aliphatic carbocycles. The summed E-state index contributed by atoms with van der Waals surface area (Å²) in [6.07, 6.45) is 2.43. The van der Waals surface area contributed by atoms with Crippen molar-refractivity contribution in [3.63, 3.8) is 0 Å². The molecule has 1 fully saturated rings. The van der Waals surface area contributed by atoms with Crippen LogP contribution in [0.25, 0.3) is 0 Å². The molecule has 2 aliphatic heterocycles. The van der Waals surface area contributed by atoms with E-state index in [0.717, 1.165) is 36.5 Å². The van der Waals surface area contributed by atoms with Crippen LogP contribution in [0.15, 0.2) is 18.2 Å². The molecule has 2 heterocycles. The average molecular weight is 276 g/mol. The summed E-state index contributed by atoms with van der Waals surface area (Å²) < 4.78 is 11.0. The van der Waals surface area contributed by atoms with Gasteiger partial charge in [-0.2, -0.15) is 0 Å². The third-order valence-corrected chi connectivity index (χ3v) is 3.96. The predicted molar refractivity (Wildman–Crippen MR) is 75.0 cm³/mol. The first-order chi connectivity index (χ1) is 9.76. The van der Waals surface area contributed by atoms with Crippen LogP contribution < -0.4 is 20.1 Å². The van der Waals surface area contributed by atoms with Gasteiger partial charge in [0.05, 0.1) is 13.7 Å². The van der Waals surface area contributed by atoms with Crippen molar-refractivity contribution < 1.29 is 14.3 Å². The third kappa shape index (κ3) is 2.72. The normalized spacial score (nSPS) is 25.4. The first kappa shape index (κ1) is 13.2. The lowest BCUT2D eigenvalue weighted by Gasteiger charge is -2.32. The second-order valence-corrected chi connectivity index (χ2v) is 5.30. The molecule has 2 atom stereocenters. The van der Waals surface area contributed by atoms with E-state index in [2.05, 4.69) is 10.6 Å². The van der Waals surface area contributed by atoms with Crippen molar-refractivity contribution in [3.8, 4) is 11.5 Å². The van der Waals surface area contributed by atoms with E-state index in [0.29, 0.717) is 19.0 Å². The van der Waals surface area contributed by atoms with Gasteiger partial charge in [0.15, 0.2) is 0 Å². The molecule has 0 radical (unpaired) electrons. The van der Waals surface area contributed by atoms with E-state index >= 15 is 0 Å². The van der Waals surface area contributed by atoms with Crippen LogP contribution in [0.4, 0.5) is 0 Å². The molecule has 2 aliphatic rings. The van der Waals surface area contributed by atoms with E-state index < -0.39 is 0 Å². The van der Waals surface area contributed by atoms with Crippen molar-refractivity contribution in [2.24, 2.45) is 0 Å². The van der Waals surface area contributed by atoms with Crippen molar-refractivity contribution in [2.75, 3.05) is 20.3 Å². The van der Waals surface area contributed by atoms with Crippen molar-refractivity contribution in [1.82, 2.24) is 10.6 Å². The van der Waals surface area contributed by atoms with Crippen LogP contribution >= 0.6 is 0 Å². The molecule has 0 saturated carbocycles. The van der Waals surface area contributed by atoms with E-state index in [1.807, 2.05) is 18.2 Å². The lowest BCUT2D eigenvalue weighted by molar-refractivity contribution is -0.122. The smallest absolute Gasteiger partial charge is 0.220 e. The number of carbonyl (C=O) groups is 1. The SMILES string of the molecule is COc1ccc2c(c1)C(NC1CCC(=O)NC1)CCO2. The number of fused-ring (bicyclic) bond motifs is 1. The molecule has 1 aromatic carbocycles. The molecule has 20 heavy (non-hydrogen) atoms. The Bertz CT molecular complexity index is 494. The van der Waals surface area contributed by atoms with Crippen LogP contribution in [0.3, 0.4) is 0 Å². The van der Waals surface area contributed by atoms with Crippen molar-refractivity contribution in [1.29, 1.82) is 0 Å². The first-order valence-corrected chi connectivity index (χ1v) is 7.10.